The van der Waals surface area contributed by atoms with E-state index in [2.05, 4.69) is 42.2 Å². The maximum absolute atomic E-state index is 4.91. The fraction of sp³-hybridized carbons (Fsp3) is 0.435. The minimum Gasteiger partial charge on any atom is -0.342 e. The van der Waals surface area contributed by atoms with E-state index in [4.69, 9.17) is 4.98 Å². The van der Waals surface area contributed by atoms with Crippen LogP contribution in [0.5, 0.6) is 0 Å². The van der Waals surface area contributed by atoms with Gasteiger partial charge in [-0.2, -0.15) is 0 Å². The summed E-state index contributed by atoms with van der Waals surface area (Å²) in [6.07, 6.45) is 18.1. The molecule has 2 aliphatic rings. The highest BCUT2D eigenvalue weighted by molar-refractivity contribution is 7.99. The van der Waals surface area contributed by atoms with E-state index < -0.39 is 0 Å². The highest BCUT2D eigenvalue weighted by Gasteiger charge is 2.37. The molecule has 0 atom stereocenters. The second kappa shape index (κ2) is 7.01. The van der Waals surface area contributed by atoms with Crippen LogP contribution in [0.4, 0.5) is 5.95 Å². The van der Waals surface area contributed by atoms with Crippen LogP contribution in [0.3, 0.4) is 0 Å². The van der Waals surface area contributed by atoms with E-state index in [9.17, 15) is 0 Å². The van der Waals surface area contributed by atoms with E-state index in [1.165, 1.54) is 43.4 Å². The summed E-state index contributed by atoms with van der Waals surface area (Å²) in [5.74, 6) is 1.03. The van der Waals surface area contributed by atoms with Gasteiger partial charge in [0, 0.05) is 61.4 Å². The Morgan fingerprint density at radius 2 is 1.67 bits per heavy atom. The molecule has 1 saturated heterocycles. The SMILES string of the molecule is Cn1ccc2c(Sc3cnc(N4CCC5(CCCC5)CC4)n4ccnc34)ccnc21. The normalized spacial score (nSPS) is 18.8. The summed E-state index contributed by atoms with van der Waals surface area (Å²) in [6.45, 7) is 2.20. The van der Waals surface area contributed by atoms with Crippen LogP contribution in [0.15, 0.2) is 52.9 Å². The van der Waals surface area contributed by atoms with Crippen molar-refractivity contribution in [1.29, 1.82) is 0 Å². The number of anilines is 1. The first kappa shape index (κ1) is 18.2. The fourth-order valence-electron chi connectivity index (χ4n) is 5.34. The van der Waals surface area contributed by atoms with E-state index in [0.717, 1.165) is 40.6 Å². The number of aromatic nitrogens is 5. The van der Waals surface area contributed by atoms with Crippen molar-refractivity contribution in [2.75, 3.05) is 18.0 Å². The molecular weight excluding hydrogens is 392 g/mol. The van der Waals surface area contributed by atoms with Gasteiger partial charge in [-0.3, -0.25) is 4.40 Å². The van der Waals surface area contributed by atoms with Crippen LogP contribution < -0.4 is 4.90 Å². The largest absolute Gasteiger partial charge is 0.342 e. The van der Waals surface area contributed by atoms with Crippen molar-refractivity contribution in [3.8, 4) is 0 Å². The smallest absolute Gasteiger partial charge is 0.211 e. The van der Waals surface area contributed by atoms with Gasteiger partial charge < -0.3 is 9.47 Å². The van der Waals surface area contributed by atoms with Crippen LogP contribution in [0.1, 0.15) is 38.5 Å². The zero-order valence-corrected chi connectivity index (χ0v) is 18.1. The molecule has 1 aliphatic heterocycles. The second-order valence-electron chi connectivity index (χ2n) is 8.81. The molecule has 0 radical (unpaired) electrons. The molecule has 4 aromatic rings. The average molecular weight is 419 g/mol. The molecule has 0 aromatic carbocycles. The molecule has 0 amide bonds. The molecule has 0 N–H and O–H groups in total. The van der Waals surface area contributed by atoms with E-state index >= 15 is 0 Å². The van der Waals surface area contributed by atoms with Gasteiger partial charge in [0.05, 0.1) is 4.90 Å². The molecule has 1 spiro atoms. The van der Waals surface area contributed by atoms with E-state index in [0.29, 0.717) is 5.41 Å². The Balaban J connectivity index is 1.31. The standard InChI is InChI=1S/C23H26N6S/c1-27-12-5-17-18(4-10-24-20(17)27)30-19-16-26-22(29-15-11-25-21(19)29)28-13-8-23(9-14-28)6-2-3-7-23/h4-5,10-12,15-16H,2-3,6-9,13-14H2,1H3. The van der Waals surface area contributed by atoms with Crippen molar-refractivity contribution < 1.29 is 0 Å². The topological polar surface area (TPSA) is 51.2 Å². The molecule has 1 aliphatic carbocycles. The Morgan fingerprint density at radius 1 is 0.867 bits per heavy atom. The molecule has 154 valence electrons. The zero-order valence-electron chi connectivity index (χ0n) is 17.3. The highest BCUT2D eigenvalue weighted by atomic mass is 32.2. The molecule has 4 aromatic heterocycles. The van der Waals surface area contributed by atoms with Gasteiger partial charge >= 0.3 is 0 Å². The van der Waals surface area contributed by atoms with Crippen molar-refractivity contribution in [1.82, 2.24) is 23.9 Å². The maximum atomic E-state index is 4.91. The molecule has 7 heteroatoms. The minimum absolute atomic E-state index is 0.614. The molecule has 6 rings (SSSR count). The molecule has 6 nitrogen and oxygen atoms in total. The first-order valence-corrected chi connectivity index (χ1v) is 11.7. The summed E-state index contributed by atoms with van der Waals surface area (Å²) >= 11 is 1.72. The zero-order chi connectivity index (χ0) is 20.1. The number of fused-ring (bicyclic) bond motifs is 2. The van der Waals surface area contributed by atoms with Crippen molar-refractivity contribution in [3.05, 3.63) is 43.1 Å². The van der Waals surface area contributed by atoms with Gasteiger partial charge in [-0.25, -0.2) is 15.0 Å². The Kier molecular flexibility index (Phi) is 4.26. The van der Waals surface area contributed by atoms with Gasteiger partial charge in [0.25, 0.3) is 0 Å². The van der Waals surface area contributed by atoms with Gasteiger partial charge in [-0.1, -0.05) is 24.6 Å². The van der Waals surface area contributed by atoms with E-state index in [-0.39, 0.29) is 0 Å². The summed E-state index contributed by atoms with van der Waals surface area (Å²) in [7, 11) is 2.03. The molecule has 5 heterocycles. The summed E-state index contributed by atoms with van der Waals surface area (Å²) in [5, 5.41) is 1.16. The van der Waals surface area contributed by atoms with Crippen LogP contribution >= 0.6 is 11.8 Å². The molecule has 0 bridgehead atoms. The highest BCUT2D eigenvalue weighted by Crippen LogP contribution is 2.46. The van der Waals surface area contributed by atoms with Crippen molar-refractivity contribution >= 4 is 34.4 Å². The van der Waals surface area contributed by atoms with E-state index in [1.54, 1.807) is 11.8 Å². The number of nitrogens with zero attached hydrogens (tertiary/aromatic N) is 6. The number of imidazole rings is 1. The molecule has 0 unspecified atom stereocenters. The first-order chi connectivity index (χ1) is 14.7. The van der Waals surface area contributed by atoms with Gasteiger partial charge in [0.1, 0.15) is 5.65 Å². The summed E-state index contributed by atoms with van der Waals surface area (Å²) in [5.41, 5.74) is 2.59. The average Bonchev–Trinajstić information content (AvgIpc) is 3.51. The Morgan fingerprint density at radius 3 is 2.50 bits per heavy atom. The Bertz CT molecular complexity index is 1210. The van der Waals surface area contributed by atoms with Gasteiger partial charge in [0.15, 0.2) is 5.65 Å². The summed E-state index contributed by atoms with van der Waals surface area (Å²) in [6, 6.07) is 4.20. The molecule has 1 saturated carbocycles. The number of pyridine rings is 1. The van der Waals surface area contributed by atoms with E-state index in [1.807, 2.05) is 31.8 Å². The van der Waals surface area contributed by atoms with Crippen LogP contribution in [0.25, 0.3) is 16.7 Å². The second-order valence-corrected chi connectivity index (χ2v) is 9.90. The van der Waals surface area contributed by atoms with Crippen molar-refractivity contribution in [2.24, 2.45) is 12.5 Å². The van der Waals surface area contributed by atoms with Gasteiger partial charge in [-0.05, 0) is 43.2 Å². The van der Waals surface area contributed by atoms with Crippen molar-refractivity contribution in [3.63, 3.8) is 0 Å². The monoisotopic (exact) mass is 418 g/mol. The number of rotatable bonds is 3. The Hall–Kier alpha value is -2.54. The summed E-state index contributed by atoms with van der Waals surface area (Å²) in [4.78, 5) is 18.8. The van der Waals surface area contributed by atoms with Crippen molar-refractivity contribution in [2.45, 2.75) is 48.3 Å². The number of hydrogen-bond donors (Lipinski definition) is 0. The van der Waals surface area contributed by atoms with Crippen LogP contribution in [-0.2, 0) is 7.05 Å². The third kappa shape index (κ3) is 2.90. The third-order valence-corrected chi connectivity index (χ3v) is 8.18. The number of hydrogen-bond acceptors (Lipinski definition) is 5. The summed E-state index contributed by atoms with van der Waals surface area (Å²) < 4.78 is 4.22. The number of piperidine rings is 1. The van der Waals surface area contributed by atoms with Crippen LogP contribution in [-0.4, -0.2) is 37.0 Å². The lowest BCUT2D eigenvalue weighted by atomic mass is 9.77. The fourth-order valence-corrected chi connectivity index (χ4v) is 6.33. The lowest BCUT2D eigenvalue weighted by molar-refractivity contribution is 0.225. The quantitative estimate of drug-likeness (QED) is 0.472. The molecule has 2 fully saturated rings. The predicted octanol–water partition coefficient (Wildman–Crippen LogP) is 4.93. The van der Waals surface area contributed by atoms with Crippen LogP contribution in [0, 0.1) is 5.41 Å². The van der Waals surface area contributed by atoms with Gasteiger partial charge in [0.2, 0.25) is 5.95 Å². The van der Waals surface area contributed by atoms with Crippen LogP contribution in [0.2, 0.25) is 0 Å². The Labute approximate surface area is 180 Å². The van der Waals surface area contributed by atoms with Gasteiger partial charge in [-0.15, -0.1) is 0 Å². The lowest BCUT2D eigenvalue weighted by Gasteiger charge is -2.39. The predicted molar refractivity (Wildman–Crippen MR) is 120 cm³/mol. The first-order valence-electron chi connectivity index (χ1n) is 10.9. The number of aryl methyl sites for hydroxylation is 1. The third-order valence-electron chi connectivity index (χ3n) is 7.09. The molecule has 30 heavy (non-hydrogen) atoms. The maximum Gasteiger partial charge on any atom is 0.211 e. The minimum atomic E-state index is 0.614. The lowest BCUT2D eigenvalue weighted by Crippen LogP contribution is -2.40. The molecular formula is C23H26N6S.